The van der Waals surface area contributed by atoms with Gasteiger partial charge in [0, 0.05) is 73.7 Å². The minimum atomic E-state index is -0.747. The van der Waals surface area contributed by atoms with E-state index in [4.69, 9.17) is 29.9 Å². The second kappa shape index (κ2) is 24.2. The summed E-state index contributed by atoms with van der Waals surface area (Å²) in [6.45, 7) is 0. The van der Waals surface area contributed by atoms with Crippen molar-refractivity contribution in [1.82, 2.24) is 29.9 Å². The van der Waals surface area contributed by atoms with Gasteiger partial charge in [-0.1, -0.05) is 334 Å². The molecule has 1 atom stereocenters. The summed E-state index contributed by atoms with van der Waals surface area (Å²) in [5.41, 5.74) is 30.9. The van der Waals surface area contributed by atoms with Crippen LogP contribution in [0.15, 0.2) is 364 Å². The lowest BCUT2D eigenvalue weighted by molar-refractivity contribution is 0.775. The van der Waals surface area contributed by atoms with Crippen LogP contribution in [0.2, 0.25) is 0 Å². The fourth-order valence-corrected chi connectivity index (χ4v) is 21.8. The Hall–Kier alpha value is -14.0. The van der Waals surface area contributed by atoms with Crippen LogP contribution in [0.3, 0.4) is 0 Å². The first-order valence-electron chi connectivity index (χ1n) is 38.1. The summed E-state index contributed by atoms with van der Waals surface area (Å²) >= 11 is 3.63. The molecule has 0 aliphatic heterocycles. The number of nitrogens with zero attached hydrogens (tertiary/aromatic N) is 6. The van der Waals surface area contributed by atoms with Crippen LogP contribution in [0, 0.1) is 0 Å². The van der Waals surface area contributed by atoms with Gasteiger partial charge in [0.2, 0.25) is 0 Å². The molecule has 0 radical (unpaired) electrons. The maximum atomic E-state index is 5.52. The maximum absolute atomic E-state index is 5.52. The van der Waals surface area contributed by atoms with Gasteiger partial charge in [-0.15, -0.1) is 22.7 Å². The normalized spacial score (nSPS) is 14.2. The lowest BCUT2D eigenvalue weighted by atomic mass is 9.66. The predicted molar refractivity (Wildman–Crippen MR) is 461 cm³/mol. The maximum Gasteiger partial charge on any atom is 0.164 e. The van der Waals surface area contributed by atoms with E-state index in [1.54, 1.807) is 11.3 Å². The Balaban J connectivity index is 0.632. The van der Waals surface area contributed by atoms with Crippen LogP contribution in [-0.2, 0) is 10.8 Å². The third-order valence-corrected chi connectivity index (χ3v) is 26.4. The van der Waals surface area contributed by atoms with Gasteiger partial charge >= 0.3 is 0 Å². The van der Waals surface area contributed by atoms with E-state index in [1.165, 1.54) is 141 Å². The molecular weight excluding hydrogens is 1400 g/mol. The molecule has 0 saturated carbocycles. The lowest BCUT2D eigenvalue weighted by Gasteiger charge is -2.35. The number of hydrogen-bond acceptors (Lipinski definition) is 8. The first-order valence-corrected chi connectivity index (χ1v) is 39.8. The van der Waals surface area contributed by atoms with Crippen LogP contribution in [0.1, 0.15) is 44.5 Å². The zero-order valence-corrected chi connectivity index (χ0v) is 61.8. The Bertz CT molecular complexity index is 7350. The van der Waals surface area contributed by atoms with Gasteiger partial charge in [0.05, 0.1) is 10.8 Å². The van der Waals surface area contributed by atoms with Crippen molar-refractivity contribution in [1.29, 1.82) is 0 Å². The van der Waals surface area contributed by atoms with E-state index in [1.807, 2.05) is 23.5 Å². The predicted octanol–water partition coefficient (Wildman–Crippen LogP) is 26.5. The SMILES string of the molecule is c1ccc(-c2nc(-c3ccc4c(c3)-c3ccccc3C43c4ccccc4-c4ccccc4-c4ccccc43)nc(-c3ccc4c(c3)sc3c(-c5ccc6c(c5)-c5ccccc5C5(c7ccccc7-6)c6ccccc6-c6c(-c7nc(-c8ccccc8)nc(-c8ccc9c(c8)sc8ccccc89)n7)cccc65)cccc34)n2)cc1. The van der Waals surface area contributed by atoms with Gasteiger partial charge in [-0.05, 0) is 153 Å². The number of hydrogen-bond donors (Lipinski definition) is 0. The molecule has 0 N–H and O–H groups in total. The highest BCUT2D eigenvalue weighted by Crippen LogP contribution is 2.65. The highest BCUT2D eigenvalue weighted by molar-refractivity contribution is 7.26. The lowest BCUT2D eigenvalue weighted by Crippen LogP contribution is -2.29. The molecule has 8 heteroatoms. The van der Waals surface area contributed by atoms with Gasteiger partial charge in [-0.25, -0.2) is 29.9 Å². The van der Waals surface area contributed by atoms with Crippen molar-refractivity contribution in [2.45, 2.75) is 10.8 Å². The summed E-state index contributed by atoms with van der Waals surface area (Å²) in [5, 5.41) is 4.88. The molecule has 6 nitrogen and oxygen atoms in total. The molecule has 0 saturated heterocycles. The molecule has 16 aromatic carbocycles. The third-order valence-electron chi connectivity index (χ3n) is 24.1. The first-order chi connectivity index (χ1) is 55.5. The smallest absolute Gasteiger partial charge is 0.164 e. The molecule has 112 heavy (non-hydrogen) atoms. The quantitative estimate of drug-likeness (QED) is 0.158. The number of aromatic nitrogens is 6. The molecule has 518 valence electrons. The fraction of sp³-hybridized carbons (Fsp3) is 0.0192. The van der Waals surface area contributed by atoms with Gasteiger partial charge in [-0.3, -0.25) is 0 Å². The molecule has 20 aromatic rings. The molecule has 0 fully saturated rings. The van der Waals surface area contributed by atoms with E-state index < -0.39 is 10.8 Å². The Morgan fingerprint density at radius 2 is 0.509 bits per heavy atom. The van der Waals surface area contributed by atoms with Crippen molar-refractivity contribution in [3.63, 3.8) is 0 Å². The van der Waals surface area contributed by atoms with Gasteiger partial charge in [-0.2, -0.15) is 0 Å². The van der Waals surface area contributed by atoms with E-state index in [-0.39, 0.29) is 0 Å². The topological polar surface area (TPSA) is 77.3 Å². The van der Waals surface area contributed by atoms with Crippen molar-refractivity contribution in [2.75, 3.05) is 0 Å². The Kier molecular flexibility index (Phi) is 13.6. The molecule has 1 unspecified atom stereocenters. The second-order valence-corrected chi connectivity index (χ2v) is 31.9. The number of thiophene rings is 2. The van der Waals surface area contributed by atoms with Gasteiger partial charge in [0.1, 0.15) is 0 Å². The molecule has 2 spiro atoms. The minimum Gasteiger partial charge on any atom is -0.208 e. The number of fused-ring (bicyclic) bond motifs is 30. The van der Waals surface area contributed by atoms with Crippen molar-refractivity contribution in [3.05, 3.63) is 408 Å². The summed E-state index contributed by atoms with van der Waals surface area (Å²) < 4.78 is 4.83. The number of benzene rings is 16. The first kappa shape index (κ1) is 63.0. The fourth-order valence-electron chi connectivity index (χ4n) is 19.4. The van der Waals surface area contributed by atoms with E-state index in [0.717, 1.165) is 54.8 Å². The Morgan fingerprint density at radius 1 is 0.170 bits per heavy atom. The van der Waals surface area contributed by atoms with Crippen LogP contribution in [-0.4, -0.2) is 29.9 Å². The summed E-state index contributed by atoms with van der Waals surface area (Å²) in [4.78, 5) is 32.5. The second-order valence-electron chi connectivity index (χ2n) is 29.7. The molecule has 24 rings (SSSR count). The van der Waals surface area contributed by atoms with Crippen LogP contribution >= 0.6 is 22.7 Å². The zero-order chi connectivity index (χ0) is 73.3. The largest absolute Gasteiger partial charge is 0.208 e. The van der Waals surface area contributed by atoms with E-state index in [9.17, 15) is 0 Å². The standard InChI is InChI=1S/C104H60N6S2/c1-3-25-61(26-4-1)97-105-99(64-52-56-90-83(58-64)75-35-13-20-45-88(75)103(90)84-41-16-9-31-71(84)68-29-7-8-30-69(68)72-32-10-17-42-85(72)103)108-100(106-97)66-51-55-78-79-39-23-38-67(96(79)112-94(78)60-66)63-49-53-70-73-33-11-18-43-86(73)104(87-44-19-12-34-74(87)82(70)57-63)89-46-21-14-37-80(89)95-81(40-24-47-91(95)104)102-109-98(62-27-5-2-6-28-62)107-101(110-102)65-50-54-77-76-36-15-22-48-92(76)111-93(77)59-65/h1-60H. The summed E-state index contributed by atoms with van der Waals surface area (Å²) in [6, 6.07) is 134. The van der Waals surface area contributed by atoms with Crippen LogP contribution < -0.4 is 0 Å². The van der Waals surface area contributed by atoms with Crippen LogP contribution in [0.5, 0.6) is 0 Å². The summed E-state index contributed by atoms with van der Waals surface area (Å²) in [6.07, 6.45) is 0. The molecule has 0 bridgehead atoms. The molecular formula is C104H60N6S2. The third kappa shape index (κ3) is 9.01. The molecule has 0 amide bonds. The molecule has 4 aromatic heterocycles. The number of rotatable bonds is 7. The summed E-state index contributed by atoms with van der Waals surface area (Å²) in [5.74, 6) is 3.74. The Morgan fingerprint density at radius 3 is 1.08 bits per heavy atom. The van der Waals surface area contributed by atoms with E-state index in [0.29, 0.717) is 34.9 Å². The van der Waals surface area contributed by atoms with Crippen LogP contribution in [0.25, 0.3) is 187 Å². The molecule has 4 heterocycles. The van der Waals surface area contributed by atoms with Crippen molar-refractivity contribution in [3.8, 4) is 146 Å². The Labute approximate surface area is 653 Å². The molecule has 4 aliphatic carbocycles. The average Bonchev–Trinajstić information content (AvgIpc) is 1.52. The van der Waals surface area contributed by atoms with E-state index >= 15 is 0 Å². The van der Waals surface area contributed by atoms with Crippen molar-refractivity contribution in [2.24, 2.45) is 0 Å². The van der Waals surface area contributed by atoms with Crippen molar-refractivity contribution < 1.29 is 0 Å². The van der Waals surface area contributed by atoms with Crippen molar-refractivity contribution >= 4 is 63.0 Å². The van der Waals surface area contributed by atoms with Gasteiger partial charge in [0.25, 0.3) is 0 Å². The van der Waals surface area contributed by atoms with Gasteiger partial charge < -0.3 is 0 Å². The van der Waals surface area contributed by atoms with E-state index in [2.05, 4.69) is 352 Å². The highest BCUT2D eigenvalue weighted by Gasteiger charge is 2.52. The molecule has 4 aliphatic rings. The monoisotopic (exact) mass is 1460 g/mol. The average molecular weight is 1460 g/mol. The highest BCUT2D eigenvalue weighted by atomic mass is 32.1. The van der Waals surface area contributed by atoms with Gasteiger partial charge in [0.15, 0.2) is 34.9 Å². The van der Waals surface area contributed by atoms with Crippen LogP contribution in [0.4, 0.5) is 0 Å². The zero-order valence-electron chi connectivity index (χ0n) is 60.1. The minimum absolute atomic E-state index is 0.600. The summed E-state index contributed by atoms with van der Waals surface area (Å²) in [7, 11) is 0.